The van der Waals surface area contributed by atoms with Gasteiger partial charge in [-0.3, -0.25) is 0 Å². The molecule has 5 nitrogen and oxygen atoms in total. The predicted octanol–water partition coefficient (Wildman–Crippen LogP) is 3.66. The topological polar surface area (TPSA) is 55.8 Å². The molecule has 5 heteroatoms. The van der Waals surface area contributed by atoms with Crippen LogP contribution in [0, 0.1) is 5.92 Å². The average molecular weight is 333 g/mol. The number of carbonyl (C=O) groups excluding carboxylic acids is 2. The maximum atomic E-state index is 12.2. The van der Waals surface area contributed by atoms with Crippen LogP contribution in [0.1, 0.15) is 49.5 Å². The number of esters is 1. The molecule has 1 saturated heterocycles. The number of likely N-dealkylation sites (tertiary alicyclic amines) is 1. The van der Waals surface area contributed by atoms with E-state index in [-0.39, 0.29) is 12.1 Å². The molecule has 0 aliphatic carbocycles. The highest BCUT2D eigenvalue weighted by Gasteiger charge is 2.27. The first-order valence-corrected chi connectivity index (χ1v) is 8.43. The van der Waals surface area contributed by atoms with E-state index < -0.39 is 5.60 Å². The minimum atomic E-state index is -0.465. The number of piperidine rings is 1. The number of nitrogens with zero attached hydrogens (tertiary/aromatic N) is 1. The third-order valence-corrected chi connectivity index (χ3v) is 4.07. The average Bonchev–Trinajstić information content (AvgIpc) is 2.53. The zero-order valence-corrected chi connectivity index (χ0v) is 15.0. The van der Waals surface area contributed by atoms with Crippen LogP contribution in [-0.4, -0.2) is 42.8 Å². The van der Waals surface area contributed by atoms with Crippen molar-refractivity contribution in [2.45, 2.75) is 45.6 Å². The molecule has 1 heterocycles. The normalized spacial score (nSPS) is 18.2. The molecule has 0 bridgehead atoms. The lowest BCUT2D eigenvalue weighted by Gasteiger charge is -2.34. The molecule has 0 radical (unpaired) electrons. The fourth-order valence-corrected chi connectivity index (χ4v) is 2.95. The van der Waals surface area contributed by atoms with Crippen LogP contribution < -0.4 is 0 Å². The van der Waals surface area contributed by atoms with Crippen molar-refractivity contribution in [3.05, 3.63) is 35.4 Å². The Morgan fingerprint density at radius 3 is 2.46 bits per heavy atom. The van der Waals surface area contributed by atoms with Gasteiger partial charge in [0.25, 0.3) is 0 Å². The molecule has 1 aliphatic heterocycles. The Bertz CT molecular complexity index is 574. The van der Waals surface area contributed by atoms with E-state index in [9.17, 15) is 9.59 Å². The molecule has 1 aromatic carbocycles. The van der Waals surface area contributed by atoms with Crippen molar-refractivity contribution in [2.75, 3.05) is 20.2 Å². The first-order chi connectivity index (χ1) is 11.3. The summed E-state index contributed by atoms with van der Waals surface area (Å²) < 4.78 is 10.2. The van der Waals surface area contributed by atoms with Crippen LogP contribution >= 0.6 is 0 Å². The standard InChI is InChI=1S/C19H27NO4/c1-19(2,3)24-18(22)20-11-5-6-15(13-20)12-14-7-9-16(10-8-14)17(21)23-4/h7-10,15H,5-6,11-13H2,1-4H3/t15-/m0/s1. The van der Waals surface area contributed by atoms with Crippen molar-refractivity contribution in [2.24, 2.45) is 5.92 Å². The van der Waals surface area contributed by atoms with E-state index in [1.54, 1.807) is 12.1 Å². The molecule has 2 rings (SSSR count). The first kappa shape index (κ1) is 18.3. The van der Waals surface area contributed by atoms with Gasteiger partial charge in [-0.1, -0.05) is 12.1 Å². The van der Waals surface area contributed by atoms with E-state index in [0.717, 1.165) is 25.8 Å². The lowest BCUT2D eigenvalue weighted by molar-refractivity contribution is 0.0166. The molecule has 1 fully saturated rings. The van der Waals surface area contributed by atoms with Crippen molar-refractivity contribution in [3.8, 4) is 0 Å². The molecule has 1 atom stereocenters. The number of methoxy groups -OCH3 is 1. The summed E-state index contributed by atoms with van der Waals surface area (Å²) in [6, 6.07) is 7.49. The van der Waals surface area contributed by atoms with Gasteiger partial charge in [0.15, 0.2) is 0 Å². The number of amides is 1. The van der Waals surface area contributed by atoms with Gasteiger partial charge in [0.1, 0.15) is 5.60 Å². The van der Waals surface area contributed by atoms with Crippen LogP contribution in [0.3, 0.4) is 0 Å². The summed E-state index contributed by atoms with van der Waals surface area (Å²) in [7, 11) is 1.38. The lowest BCUT2D eigenvalue weighted by Crippen LogP contribution is -2.43. The highest BCUT2D eigenvalue weighted by atomic mass is 16.6. The third-order valence-electron chi connectivity index (χ3n) is 4.07. The summed E-state index contributed by atoms with van der Waals surface area (Å²) in [4.78, 5) is 25.5. The monoisotopic (exact) mass is 333 g/mol. The van der Waals surface area contributed by atoms with Crippen LogP contribution in [0.25, 0.3) is 0 Å². The van der Waals surface area contributed by atoms with Gasteiger partial charge in [-0.25, -0.2) is 9.59 Å². The second kappa shape index (κ2) is 7.69. The summed E-state index contributed by atoms with van der Waals surface area (Å²) in [5.74, 6) is 0.0885. The first-order valence-electron chi connectivity index (χ1n) is 8.43. The van der Waals surface area contributed by atoms with Crippen LogP contribution in [0.15, 0.2) is 24.3 Å². The van der Waals surface area contributed by atoms with E-state index >= 15 is 0 Å². The Balaban J connectivity index is 1.93. The summed E-state index contributed by atoms with van der Waals surface area (Å²) in [6.07, 6.45) is 2.75. The Labute approximate surface area is 143 Å². The van der Waals surface area contributed by atoms with Crippen molar-refractivity contribution in [1.82, 2.24) is 4.90 Å². The molecule has 1 aromatic rings. The van der Waals surface area contributed by atoms with E-state index in [0.29, 0.717) is 18.0 Å². The summed E-state index contributed by atoms with van der Waals surface area (Å²) in [5, 5.41) is 0. The highest BCUT2D eigenvalue weighted by Crippen LogP contribution is 2.23. The molecule has 0 unspecified atom stereocenters. The number of rotatable bonds is 3. The van der Waals surface area contributed by atoms with Gasteiger partial charge in [0.05, 0.1) is 12.7 Å². The Kier molecular flexibility index (Phi) is 5.86. The maximum Gasteiger partial charge on any atom is 0.410 e. The highest BCUT2D eigenvalue weighted by molar-refractivity contribution is 5.89. The molecular formula is C19H27NO4. The van der Waals surface area contributed by atoms with Gasteiger partial charge >= 0.3 is 12.1 Å². The summed E-state index contributed by atoms with van der Waals surface area (Å²) in [5.41, 5.74) is 1.26. The van der Waals surface area contributed by atoms with Gasteiger partial charge in [-0.05, 0) is 63.6 Å². The van der Waals surface area contributed by atoms with Gasteiger partial charge in [-0.15, -0.1) is 0 Å². The smallest absolute Gasteiger partial charge is 0.410 e. The van der Waals surface area contributed by atoms with Crippen LogP contribution in [-0.2, 0) is 15.9 Å². The number of carbonyl (C=O) groups is 2. The van der Waals surface area contributed by atoms with E-state index in [1.165, 1.54) is 12.7 Å². The largest absolute Gasteiger partial charge is 0.465 e. The molecular weight excluding hydrogens is 306 g/mol. The SMILES string of the molecule is COC(=O)c1ccc(C[C@@H]2CCCN(C(=O)OC(C)(C)C)C2)cc1. The molecule has 1 amide bonds. The van der Waals surface area contributed by atoms with Gasteiger partial charge < -0.3 is 14.4 Å². The zero-order chi connectivity index (χ0) is 17.7. The van der Waals surface area contributed by atoms with Gasteiger partial charge in [-0.2, -0.15) is 0 Å². The van der Waals surface area contributed by atoms with Crippen molar-refractivity contribution in [1.29, 1.82) is 0 Å². The molecule has 0 N–H and O–H groups in total. The molecule has 24 heavy (non-hydrogen) atoms. The zero-order valence-electron chi connectivity index (χ0n) is 15.0. The predicted molar refractivity (Wildman–Crippen MR) is 92.0 cm³/mol. The summed E-state index contributed by atoms with van der Waals surface area (Å²) in [6.45, 7) is 7.12. The van der Waals surface area contributed by atoms with Crippen LogP contribution in [0.5, 0.6) is 0 Å². The third kappa shape index (κ3) is 5.25. The van der Waals surface area contributed by atoms with Gasteiger partial charge in [0.2, 0.25) is 0 Å². The van der Waals surface area contributed by atoms with Crippen molar-refractivity contribution < 1.29 is 19.1 Å². The van der Waals surface area contributed by atoms with E-state index in [1.807, 2.05) is 37.8 Å². The molecule has 132 valence electrons. The minimum Gasteiger partial charge on any atom is -0.465 e. The number of benzene rings is 1. The number of hydrogen-bond donors (Lipinski definition) is 0. The van der Waals surface area contributed by atoms with E-state index in [2.05, 4.69) is 0 Å². The fraction of sp³-hybridized carbons (Fsp3) is 0.579. The van der Waals surface area contributed by atoms with E-state index in [4.69, 9.17) is 9.47 Å². The number of hydrogen-bond acceptors (Lipinski definition) is 4. The Hall–Kier alpha value is -2.04. The molecule has 0 aromatic heterocycles. The second-order valence-electron chi connectivity index (χ2n) is 7.33. The van der Waals surface area contributed by atoms with Crippen LogP contribution in [0.2, 0.25) is 0 Å². The Morgan fingerprint density at radius 2 is 1.88 bits per heavy atom. The maximum absolute atomic E-state index is 12.2. The van der Waals surface area contributed by atoms with Gasteiger partial charge in [0, 0.05) is 13.1 Å². The molecule has 0 spiro atoms. The van der Waals surface area contributed by atoms with Crippen molar-refractivity contribution in [3.63, 3.8) is 0 Å². The minimum absolute atomic E-state index is 0.228. The molecule has 0 saturated carbocycles. The van der Waals surface area contributed by atoms with Crippen LogP contribution in [0.4, 0.5) is 4.79 Å². The quantitative estimate of drug-likeness (QED) is 0.792. The lowest BCUT2D eigenvalue weighted by atomic mass is 9.91. The second-order valence-corrected chi connectivity index (χ2v) is 7.33. The van der Waals surface area contributed by atoms with Crippen molar-refractivity contribution >= 4 is 12.1 Å². The number of ether oxygens (including phenoxy) is 2. The summed E-state index contributed by atoms with van der Waals surface area (Å²) >= 11 is 0. The fourth-order valence-electron chi connectivity index (χ4n) is 2.95. The molecule has 1 aliphatic rings. The Morgan fingerprint density at radius 1 is 1.21 bits per heavy atom.